The minimum Gasteiger partial charge on any atom is -0.396 e. The Morgan fingerprint density at radius 3 is 2.67 bits per heavy atom. The van der Waals surface area contributed by atoms with Gasteiger partial charge in [0.05, 0.1) is 5.69 Å². The van der Waals surface area contributed by atoms with E-state index in [1.165, 1.54) is 17.8 Å². The molecule has 0 aliphatic carbocycles. The lowest BCUT2D eigenvalue weighted by Gasteiger charge is -2.06. The standard InChI is InChI=1S/C13H10BrClFNS/c14-9-2-1-8(11(15)5-9)7-18-10-3-4-13(17)12(16)6-10/h1-6H,7,17H2. The van der Waals surface area contributed by atoms with E-state index < -0.39 is 0 Å². The predicted molar refractivity (Wildman–Crippen MR) is 79.5 cm³/mol. The van der Waals surface area contributed by atoms with E-state index in [1.807, 2.05) is 18.2 Å². The summed E-state index contributed by atoms with van der Waals surface area (Å²) in [5.74, 6) is 0.303. The minimum atomic E-state index is -0.387. The summed E-state index contributed by atoms with van der Waals surface area (Å²) in [7, 11) is 0. The van der Waals surface area contributed by atoms with Gasteiger partial charge in [-0.15, -0.1) is 11.8 Å². The first-order valence-corrected chi connectivity index (χ1v) is 7.33. The van der Waals surface area contributed by atoms with Gasteiger partial charge in [-0.1, -0.05) is 33.6 Å². The fourth-order valence-electron chi connectivity index (χ4n) is 1.40. The van der Waals surface area contributed by atoms with Gasteiger partial charge < -0.3 is 5.73 Å². The second kappa shape index (κ2) is 5.95. The van der Waals surface area contributed by atoms with Crippen molar-refractivity contribution in [3.8, 4) is 0 Å². The van der Waals surface area contributed by atoms with Crippen molar-refractivity contribution in [3.63, 3.8) is 0 Å². The fourth-order valence-corrected chi connectivity index (χ4v) is 3.14. The lowest BCUT2D eigenvalue weighted by atomic mass is 10.2. The van der Waals surface area contributed by atoms with E-state index in [9.17, 15) is 4.39 Å². The Labute approximate surface area is 123 Å². The van der Waals surface area contributed by atoms with Crippen LogP contribution in [0.5, 0.6) is 0 Å². The third-order valence-electron chi connectivity index (χ3n) is 2.38. The Kier molecular flexibility index (Phi) is 4.54. The monoisotopic (exact) mass is 345 g/mol. The van der Waals surface area contributed by atoms with Crippen LogP contribution in [0.15, 0.2) is 45.8 Å². The molecule has 0 saturated carbocycles. The SMILES string of the molecule is Nc1ccc(SCc2ccc(Br)cc2Cl)cc1F. The second-order valence-electron chi connectivity index (χ2n) is 3.71. The van der Waals surface area contributed by atoms with Crippen molar-refractivity contribution in [2.24, 2.45) is 0 Å². The van der Waals surface area contributed by atoms with Crippen LogP contribution in [-0.2, 0) is 5.75 Å². The molecule has 0 unspecified atom stereocenters. The Hall–Kier alpha value is -0.710. The smallest absolute Gasteiger partial charge is 0.147 e. The van der Waals surface area contributed by atoms with Crippen molar-refractivity contribution >= 4 is 45.0 Å². The largest absolute Gasteiger partial charge is 0.396 e. The van der Waals surface area contributed by atoms with Crippen LogP contribution in [-0.4, -0.2) is 0 Å². The first kappa shape index (κ1) is 13.7. The number of nitrogen functional groups attached to an aromatic ring is 1. The molecule has 2 aromatic carbocycles. The molecule has 94 valence electrons. The highest BCUT2D eigenvalue weighted by molar-refractivity contribution is 9.10. The average Bonchev–Trinajstić information content (AvgIpc) is 2.32. The molecule has 0 aromatic heterocycles. The number of rotatable bonds is 3. The molecule has 18 heavy (non-hydrogen) atoms. The lowest BCUT2D eigenvalue weighted by molar-refractivity contribution is 0.629. The minimum absolute atomic E-state index is 0.168. The molecular weight excluding hydrogens is 337 g/mol. The fraction of sp³-hybridized carbons (Fsp3) is 0.0769. The van der Waals surface area contributed by atoms with Gasteiger partial charge in [0.2, 0.25) is 0 Å². The molecule has 0 radical (unpaired) electrons. The van der Waals surface area contributed by atoms with Crippen molar-refractivity contribution < 1.29 is 4.39 Å². The van der Waals surface area contributed by atoms with E-state index in [0.717, 1.165) is 14.9 Å². The molecular formula is C13H10BrClFNS. The van der Waals surface area contributed by atoms with Crippen LogP contribution in [0, 0.1) is 5.82 Å². The summed E-state index contributed by atoms with van der Waals surface area (Å²) in [5.41, 5.74) is 6.61. The van der Waals surface area contributed by atoms with E-state index in [4.69, 9.17) is 17.3 Å². The summed E-state index contributed by atoms with van der Waals surface area (Å²) in [6.45, 7) is 0. The number of halogens is 3. The Bertz CT molecular complexity index is 577. The zero-order valence-electron chi connectivity index (χ0n) is 9.29. The van der Waals surface area contributed by atoms with Crippen molar-refractivity contribution in [2.45, 2.75) is 10.6 Å². The highest BCUT2D eigenvalue weighted by Gasteiger charge is 2.04. The van der Waals surface area contributed by atoms with Gasteiger partial charge in [-0.25, -0.2) is 4.39 Å². The summed E-state index contributed by atoms with van der Waals surface area (Å²) in [5, 5.41) is 0.702. The third-order valence-corrected chi connectivity index (χ3v) is 4.27. The molecule has 0 atom stereocenters. The maximum absolute atomic E-state index is 13.3. The molecule has 0 aliphatic rings. The molecule has 0 amide bonds. The van der Waals surface area contributed by atoms with E-state index >= 15 is 0 Å². The van der Waals surface area contributed by atoms with Crippen molar-refractivity contribution in [1.82, 2.24) is 0 Å². The maximum atomic E-state index is 13.3. The molecule has 2 rings (SSSR count). The number of nitrogens with two attached hydrogens (primary N) is 1. The molecule has 0 heterocycles. The van der Waals surface area contributed by atoms with E-state index in [1.54, 1.807) is 12.1 Å². The quantitative estimate of drug-likeness (QED) is 0.617. The van der Waals surface area contributed by atoms with Crippen LogP contribution in [0.1, 0.15) is 5.56 Å². The van der Waals surface area contributed by atoms with Gasteiger partial charge in [-0.3, -0.25) is 0 Å². The Balaban J connectivity index is 2.09. The van der Waals surface area contributed by atoms with Gasteiger partial charge in [-0.2, -0.15) is 0 Å². The topological polar surface area (TPSA) is 26.0 Å². The molecule has 0 saturated heterocycles. The highest BCUT2D eigenvalue weighted by atomic mass is 79.9. The van der Waals surface area contributed by atoms with Crippen LogP contribution in [0.4, 0.5) is 10.1 Å². The molecule has 0 spiro atoms. The van der Waals surface area contributed by atoms with Crippen LogP contribution >= 0.6 is 39.3 Å². The Morgan fingerprint density at radius 2 is 2.00 bits per heavy atom. The molecule has 0 aliphatic heterocycles. The summed E-state index contributed by atoms with van der Waals surface area (Å²) < 4.78 is 14.2. The predicted octanol–water partition coefficient (Wildman–Crippen LogP) is 5.12. The van der Waals surface area contributed by atoms with Gasteiger partial charge in [-0.05, 0) is 35.9 Å². The summed E-state index contributed by atoms with van der Waals surface area (Å²) >= 11 is 11.0. The first-order valence-electron chi connectivity index (χ1n) is 5.18. The zero-order valence-corrected chi connectivity index (χ0v) is 12.4. The van der Waals surface area contributed by atoms with Gasteiger partial charge in [0.15, 0.2) is 0 Å². The highest BCUT2D eigenvalue weighted by Crippen LogP contribution is 2.29. The first-order chi connectivity index (χ1) is 8.56. The van der Waals surface area contributed by atoms with Crippen LogP contribution < -0.4 is 5.73 Å². The molecule has 0 bridgehead atoms. The average molecular weight is 347 g/mol. The molecule has 2 N–H and O–H groups in total. The number of benzene rings is 2. The molecule has 0 fully saturated rings. The van der Waals surface area contributed by atoms with Gasteiger partial charge >= 0.3 is 0 Å². The molecule has 2 aromatic rings. The summed E-state index contributed by atoms with van der Waals surface area (Å²) in [6.07, 6.45) is 0. The van der Waals surface area contributed by atoms with Gasteiger partial charge in [0, 0.05) is 20.1 Å². The molecule has 1 nitrogen and oxygen atoms in total. The molecule has 5 heteroatoms. The number of hydrogen-bond acceptors (Lipinski definition) is 2. The van der Waals surface area contributed by atoms with E-state index in [2.05, 4.69) is 15.9 Å². The van der Waals surface area contributed by atoms with E-state index in [-0.39, 0.29) is 11.5 Å². The van der Waals surface area contributed by atoms with Crippen LogP contribution in [0.25, 0.3) is 0 Å². The summed E-state index contributed by atoms with van der Waals surface area (Å²) in [4.78, 5) is 0.834. The van der Waals surface area contributed by atoms with Gasteiger partial charge in [0.25, 0.3) is 0 Å². The second-order valence-corrected chi connectivity index (χ2v) is 6.08. The number of hydrogen-bond donors (Lipinski definition) is 1. The lowest BCUT2D eigenvalue weighted by Crippen LogP contribution is -1.90. The van der Waals surface area contributed by atoms with Gasteiger partial charge in [0.1, 0.15) is 5.82 Å². The van der Waals surface area contributed by atoms with Crippen molar-refractivity contribution in [2.75, 3.05) is 5.73 Å². The summed E-state index contributed by atoms with van der Waals surface area (Å²) in [6, 6.07) is 10.5. The van der Waals surface area contributed by atoms with E-state index in [0.29, 0.717) is 10.8 Å². The maximum Gasteiger partial charge on any atom is 0.147 e. The van der Waals surface area contributed by atoms with Crippen LogP contribution in [0.2, 0.25) is 5.02 Å². The number of anilines is 1. The zero-order chi connectivity index (χ0) is 13.1. The normalized spacial score (nSPS) is 10.6. The Morgan fingerprint density at radius 1 is 1.22 bits per heavy atom. The number of thioether (sulfide) groups is 1. The van der Waals surface area contributed by atoms with Crippen LogP contribution in [0.3, 0.4) is 0 Å². The van der Waals surface area contributed by atoms with Crippen molar-refractivity contribution in [3.05, 3.63) is 57.3 Å². The van der Waals surface area contributed by atoms with Crippen molar-refractivity contribution in [1.29, 1.82) is 0 Å². The third kappa shape index (κ3) is 3.40.